The van der Waals surface area contributed by atoms with Crippen LogP contribution in [0.4, 0.5) is 0 Å². The summed E-state index contributed by atoms with van der Waals surface area (Å²) < 4.78 is 5.76. The second-order valence-electron chi connectivity index (χ2n) is 13.4. The molecule has 0 aliphatic rings. The lowest BCUT2D eigenvalue weighted by molar-refractivity contribution is -0.127. The van der Waals surface area contributed by atoms with E-state index in [4.69, 9.17) is 4.74 Å². The lowest BCUT2D eigenvalue weighted by Crippen LogP contribution is -2.52. The number of thiophene rings is 1. The number of benzene rings is 3. The number of nitrogens with zero attached hydrogens (tertiary/aromatic N) is 2. The third-order valence-electron chi connectivity index (χ3n) is 8.39. The Kier molecular flexibility index (Phi) is 12.5. The van der Waals surface area contributed by atoms with E-state index >= 15 is 0 Å². The molecule has 0 bridgehead atoms. The maximum Gasteiger partial charge on any atom is 0.262 e. The van der Waals surface area contributed by atoms with Crippen molar-refractivity contribution in [2.75, 3.05) is 6.61 Å². The van der Waals surface area contributed by atoms with Crippen LogP contribution in [0.2, 0.25) is 0 Å². The number of unbranched alkanes of at least 4 members (excludes halogenated alkanes) is 1. The molecule has 3 N–H and O–H groups in total. The van der Waals surface area contributed by atoms with Gasteiger partial charge in [-0.15, -0.1) is 11.3 Å². The van der Waals surface area contributed by atoms with Crippen LogP contribution >= 0.6 is 11.3 Å². The number of nitrogens with one attached hydrogen (secondary N) is 2. The van der Waals surface area contributed by atoms with Gasteiger partial charge in [0.1, 0.15) is 30.2 Å². The monoisotopic (exact) mass is 704 g/mol. The Hall–Kier alpha value is -5.19. The van der Waals surface area contributed by atoms with E-state index in [-0.39, 0.29) is 11.8 Å². The van der Waals surface area contributed by atoms with Crippen LogP contribution in [0.5, 0.6) is 5.75 Å². The van der Waals surface area contributed by atoms with Gasteiger partial charge in [-0.2, -0.15) is 0 Å². The summed E-state index contributed by atoms with van der Waals surface area (Å²) in [6, 6.07) is 25.4. The fourth-order valence-electron chi connectivity index (χ4n) is 5.34. The molecule has 2 aromatic heterocycles. The summed E-state index contributed by atoms with van der Waals surface area (Å²) in [7, 11) is 0. The van der Waals surface area contributed by atoms with Gasteiger partial charge in [0.05, 0.1) is 11.5 Å². The summed E-state index contributed by atoms with van der Waals surface area (Å²) in [5, 5.41) is 16.4. The first kappa shape index (κ1) is 37.1. The number of hydrogen-bond acceptors (Lipinski definition) is 8. The predicted molar refractivity (Wildman–Crippen MR) is 201 cm³/mol. The smallest absolute Gasteiger partial charge is 0.262 e. The topological polar surface area (TPSA) is 131 Å². The molecule has 0 aliphatic heterocycles. The zero-order chi connectivity index (χ0) is 36.4. The predicted octanol–water partition coefficient (Wildman–Crippen LogP) is 7.11. The second-order valence-corrected chi connectivity index (χ2v) is 14.5. The standard InChI is InChI=1S/C41H44N4O5S/c1-5-6-22-50-32-18-16-28(17-19-32)31-24-42-38(43-25-31)30-14-12-27(13-15-30)23-33(44-40(49)35-20-21-36(51-35)41(2,3)4)39(48)45-34(26-46)37(47)29-10-8-7-9-11-29/h7-21,24-26,33-34,37,47H,5-6,22-23H2,1-4H3,(H,44,49)(H,45,48). The van der Waals surface area contributed by atoms with E-state index in [1.807, 2.05) is 54.6 Å². The van der Waals surface area contributed by atoms with Crippen molar-refractivity contribution in [1.82, 2.24) is 20.6 Å². The van der Waals surface area contributed by atoms with E-state index in [2.05, 4.69) is 48.3 Å². The number of hydrogen-bond donors (Lipinski definition) is 3. The van der Waals surface area contributed by atoms with Gasteiger partial charge in [-0.25, -0.2) is 9.97 Å². The lowest BCUT2D eigenvalue weighted by Gasteiger charge is -2.24. The van der Waals surface area contributed by atoms with Crippen LogP contribution in [0.1, 0.15) is 72.3 Å². The van der Waals surface area contributed by atoms with Gasteiger partial charge in [-0.3, -0.25) is 9.59 Å². The first-order chi connectivity index (χ1) is 24.5. The molecule has 0 aliphatic carbocycles. The van der Waals surface area contributed by atoms with Gasteiger partial charge in [0.25, 0.3) is 5.91 Å². The first-order valence-corrected chi connectivity index (χ1v) is 17.9. The number of rotatable bonds is 15. The Morgan fingerprint density at radius 3 is 2.14 bits per heavy atom. The second kappa shape index (κ2) is 17.2. The van der Waals surface area contributed by atoms with Crippen molar-refractivity contribution in [3.05, 3.63) is 124 Å². The number of carbonyl (C=O) groups excluding carboxylic acids is 3. The third kappa shape index (κ3) is 9.96. The zero-order valence-corrected chi connectivity index (χ0v) is 30.2. The molecule has 0 radical (unpaired) electrons. The Morgan fingerprint density at radius 1 is 0.863 bits per heavy atom. The molecule has 9 nitrogen and oxygen atoms in total. The maximum atomic E-state index is 13.7. The van der Waals surface area contributed by atoms with E-state index in [9.17, 15) is 19.5 Å². The minimum absolute atomic E-state index is 0.134. The average molecular weight is 705 g/mol. The minimum Gasteiger partial charge on any atom is -0.494 e. The molecule has 3 atom stereocenters. The molecule has 2 amide bonds. The van der Waals surface area contributed by atoms with Crippen LogP contribution in [0.15, 0.2) is 103 Å². The zero-order valence-electron chi connectivity index (χ0n) is 29.3. The summed E-state index contributed by atoms with van der Waals surface area (Å²) in [5.74, 6) is 0.388. The number of ether oxygens (including phenoxy) is 1. The van der Waals surface area contributed by atoms with Crippen LogP contribution in [-0.4, -0.2) is 51.9 Å². The number of carbonyl (C=O) groups is 3. The van der Waals surface area contributed by atoms with Gasteiger partial charge in [-0.1, -0.05) is 101 Å². The quantitative estimate of drug-likeness (QED) is 0.0783. The number of aliphatic hydroxyl groups excluding tert-OH is 1. The third-order valence-corrected chi connectivity index (χ3v) is 9.90. The lowest BCUT2D eigenvalue weighted by atomic mass is 9.95. The van der Waals surface area contributed by atoms with Crippen LogP contribution in [0.3, 0.4) is 0 Å². The molecule has 0 saturated carbocycles. The van der Waals surface area contributed by atoms with Crippen molar-refractivity contribution < 1.29 is 24.2 Å². The summed E-state index contributed by atoms with van der Waals surface area (Å²) in [4.78, 5) is 49.8. The summed E-state index contributed by atoms with van der Waals surface area (Å²) in [5.41, 5.74) is 3.77. The molecule has 5 aromatic rings. The molecular weight excluding hydrogens is 661 g/mol. The van der Waals surface area contributed by atoms with Crippen molar-refractivity contribution >= 4 is 29.4 Å². The Bertz CT molecular complexity index is 1890. The van der Waals surface area contributed by atoms with Gasteiger partial charge in [0, 0.05) is 34.8 Å². The van der Waals surface area contributed by atoms with Gasteiger partial charge in [-0.05, 0) is 52.8 Å². The van der Waals surface area contributed by atoms with Crippen molar-refractivity contribution in [3.63, 3.8) is 0 Å². The highest BCUT2D eigenvalue weighted by Gasteiger charge is 2.29. The number of aldehydes is 1. The van der Waals surface area contributed by atoms with E-state index in [0.717, 1.165) is 45.7 Å². The van der Waals surface area contributed by atoms with Crippen molar-refractivity contribution in [3.8, 4) is 28.3 Å². The Labute approximate surface area is 303 Å². The van der Waals surface area contributed by atoms with Crippen LogP contribution < -0.4 is 15.4 Å². The van der Waals surface area contributed by atoms with E-state index in [1.54, 1.807) is 48.8 Å². The molecule has 10 heteroatoms. The minimum atomic E-state index is -1.26. The number of aromatic nitrogens is 2. The summed E-state index contributed by atoms with van der Waals surface area (Å²) in [6.07, 6.45) is 5.04. The average Bonchev–Trinajstić information content (AvgIpc) is 3.66. The molecule has 0 saturated heterocycles. The first-order valence-electron chi connectivity index (χ1n) is 17.1. The van der Waals surface area contributed by atoms with Gasteiger partial charge in [0.2, 0.25) is 5.91 Å². The normalized spacial score (nSPS) is 13.1. The maximum absolute atomic E-state index is 13.7. The van der Waals surface area contributed by atoms with Crippen LogP contribution in [0.25, 0.3) is 22.5 Å². The molecule has 0 spiro atoms. The highest BCUT2D eigenvalue weighted by molar-refractivity contribution is 7.14. The molecule has 2 heterocycles. The van der Waals surface area contributed by atoms with E-state index in [1.165, 1.54) is 11.3 Å². The molecule has 3 unspecified atom stereocenters. The SMILES string of the molecule is CCCCOc1ccc(-c2cnc(-c3ccc(CC(NC(=O)c4ccc(C(C)(C)C)s4)C(=O)NC(C=O)C(O)c4ccccc4)cc3)nc2)cc1. The molecular formula is C41H44N4O5S. The summed E-state index contributed by atoms with van der Waals surface area (Å²) in [6.45, 7) is 9.04. The van der Waals surface area contributed by atoms with Crippen molar-refractivity contribution in [2.45, 2.75) is 70.6 Å². The molecule has 5 rings (SSSR count). The van der Waals surface area contributed by atoms with Gasteiger partial charge in [0.15, 0.2) is 5.82 Å². The number of amides is 2. The fourth-order valence-corrected chi connectivity index (χ4v) is 6.31. The Balaban J connectivity index is 1.30. The van der Waals surface area contributed by atoms with Crippen LogP contribution in [-0.2, 0) is 21.4 Å². The number of aliphatic hydroxyl groups is 1. The molecule has 0 fully saturated rings. The van der Waals surface area contributed by atoms with E-state index in [0.29, 0.717) is 29.2 Å². The van der Waals surface area contributed by atoms with Gasteiger partial charge < -0.3 is 25.3 Å². The van der Waals surface area contributed by atoms with Crippen LogP contribution in [0, 0.1) is 0 Å². The van der Waals surface area contributed by atoms with Crippen molar-refractivity contribution in [2.24, 2.45) is 0 Å². The van der Waals surface area contributed by atoms with Gasteiger partial charge >= 0.3 is 0 Å². The summed E-state index contributed by atoms with van der Waals surface area (Å²) >= 11 is 1.37. The van der Waals surface area contributed by atoms with Crippen molar-refractivity contribution in [1.29, 1.82) is 0 Å². The fraction of sp³-hybridized carbons (Fsp3) is 0.293. The molecule has 3 aromatic carbocycles. The largest absolute Gasteiger partial charge is 0.494 e. The van der Waals surface area contributed by atoms with E-state index < -0.39 is 30.0 Å². The highest BCUT2D eigenvalue weighted by Crippen LogP contribution is 2.30. The molecule has 264 valence electrons. The highest BCUT2D eigenvalue weighted by atomic mass is 32.1. The molecule has 51 heavy (non-hydrogen) atoms. The Morgan fingerprint density at radius 2 is 1.53 bits per heavy atom.